The molecule has 0 unspecified atom stereocenters. The predicted molar refractivity (Wildman–Crippen MR) is 120 cm³/mol. The van der Waals surface area contributed by atoms with Crippen LogP contribution in [0.15, 0.2) is 42.5 Å². The van der Waals surface area contributed by atoms with Crippen molar-refractivity contribution in [3.8, 4) is 11.8 Å². The molecule has 1 aliphatic rings. The van der Waals surface area contributed by atoms with Crippen LogP contribution in [0.2, 0.25) is 0 Å². The molecular weight excluding hydrogens is 412 g/mol. The van der Waals surface area contributed by atoms with E-state index in [4.69, 9.17) is 0 Å². The Morgan fingerprint density at radius 2 is 1.62 bits per heavy atom. The highest BCUT2D eigenvalue weighted by Gasteiger charge is 2.23. The summed E-state index contributed by atoms with van der Waals surface area (Å²) < 4.78 is 55.4. The highest BCUT2D eigenvalue weighted by Crippen LogP contribution is 2.37. The molecule has 0 nitrogen and oxygen atoms in total. The standard InChI is InChI=1S/C28H26F4/c1-2-3-4-19-9-13-23(25(29)16-19)21-11-7-18(8-12-21)5-6-20-10-14-24-22(15-20)17-26(30)28(32)27(24)31/h9-10,13-18,21H,2-4,7-8,11-12H2,1H3. The van der Waals surface area contributed by atoms with Crippen molar-refractivity contribution in [2.45, 2.75) is 57.8 Å². The van der Waals surface area contributed by atoms with Gasteiger partial charge in [-0.25, -0.2) is 17.6 Å². The maximum absolute atomic E-state index is 14.6. The summed E-state index contributed by atoms with van der Waals surface area (Å²) >= 11 is 0. The van der Waals surface area contributed by atoms with E-state index < -0.39 is 17.5 Å². The molecule has 0 N–H and O–H groups in total. The lowest BCUT2D eigenvalue weighted by Crippen LogP contribution is -2.13. The van der Waals surface area contributed by atoms with Crippen molar-refractivity contribution in [1.29, 1.82) is 0 Å². The lowest BCUT2D eigenvalue weighted by Gasteiger charge is -2.26. The van der Waals surface area contributed by atoms with E-state index in [1.165, 1.54) is 6.07 Å². The van der Waals surface area contributed by atoms with Crippen molar-refractivity contribution in [1.82, 2.24) is 0 Å². The van der Waals surface area contributed by atoms with E-state index in [1.807, 2.05) is 6.07 Å². The zero-order valence-corrected chi connectivity index (χ0v) is 18.2. The van der Waals surface area contributed by atoms with Crippen LogP contribution in [0.4, 0.5) is 17.6 Å². The predicted octanol–water partition coefficient (Wildman–Crippen LogP) is 8.06. The molecule has 0 bridgehead atoms. The molecule has 0 aromatic heterocycles. The third-order valence-corrected chi connectivity index (χ3v) is 6.44. The summed E-state index contributed by atoms with van der Waals surface area (Å²) in [7, 11) is 0. The average molecular weight is 439 g/mol. The Morgan fingerprint density at radius 3 is 2.34 bits per heavy atom. The van der Waals surface area contributed by atoms with Gasteiger partial charge in [-0.1, -0.05) is 43.4 Å². The minimum absolute atomic E-state index is 0.0395. The topological polar surface area (TPSA) is 0 Å². The molecule has 1 saturated carbocycles. The Labute approximate surface area is 186 Å². The minimum atomic E-state index is -1.46. The summed E-state index contributed by atoms with van der Waals surface area (Å²) in [6.45, 7) is 2.13. The van der Waals surface area contributed by atoms with Crippen molar-refractivity contribution in [2.75, 3.05) is 0 Å². The molecule has 3 aromatic carbocycles. The molecule has 32 heavy (non-hydrogen) atoms. The molecule has 0 heterocycles. The first kappa shape index (κ1) is 22.4. The maximum atomic E-state index is 14.6. The second kappa shape index (κ2) is 9.77. The monoisotopic (exact) mass is 438 g/mol. The van der Waals surface area contributed by atoms with Gasteiger partial charge >= 0.3 is 0 Å². The highest BCUT2D eigenvalue weighted by molar-refractivity contribution is 5.84. The Bertz CT molecular complexity index is 1180. The van der Waals surface area contributed by atoms with Crippen LogP contribution in [-0.2, 0) is 6.42 Å². The summed E-state index contributed by atoms with van der Waals surface area (Å²) in [5, 5.41) is 0.326. The van der Waals surface area contributed by atoms with Gasteiger partial charge in [0.05, 0.1) is 0 Å². The van der Waals surface area contributed by atoms with Crippen LogP contribution in [0.5, 0.6) is 0 Å². The molecular formula is C28H26F4. The van der Waals surface area contributed by atoms with Gasteiger partial charge in [-0.3, -0.25) is 0 Å². The average Bonchev–Trinajstić information content (AvgIpc) is 2.80. The summed E-state index contributed by atoms with van der Waals surface area (Å²) in [5.74, 6) is 2.83. The number of hydrogen-bond donors (Lipinski definition) is 0. The molecule has 0 radical (unpaired) electrons. The zero-order valence-electron chi connectivity index (χ0n) is 18.2. The van der Waals surface area contributed by atoms with E-state index in [0.717, 1.165) is 62.1 Å². The summed E-state index contributed by atoms with van der Waals surface area (Å²) in [6, 6.07) is 11.3. The van der Waals surface area contributed by atoms with E-state index >= 15 is 0 Å². The second-order valence-corrected chi connectivity index (χ2v) is 8.70. The fraction of sp³-hybridized carbons (Fsp3) is 0.357. The quantitative estimate of drug-likeness (QED) is 0.219. The minimum Gasteiger partial charge on any atom is -0.207 e. The van der Waals surface area contributed by atoms with E-state index in [-0.39, 0.29) is 28.4 Å². The van der Waals surface area contributed by atoms with Gasteiger partial charge in [0.25, 0.3) is 0 Å². The Morgan fingerprint density at radius 1 is 0.844 bits per heavy atom. The summed E-state index contributed by atoms with van der Waals surface area (Å²) in [5.41, 5.74) is 2.51. The molecule has 0 saturated heterocycles. The van der Waals surface area contributed by atoms with Crippen LogP contribution in [0.1, 0.15) is 68.1 Å². The number of hydrogen-bond acceptors (Lipinski definition) is 0. The lowest BCUT2D eigenvalue weighted by molar-refractivity contribution is 0.376. The summed E-state index contributed by atoms with van der Waals surface area (Å²) in [6.07, 6.45) is 6.63. The first-order chi connectivity index (χ1) is 15.5. The van der Waals surface area contributed by atoms with Crippen molar-refractivity contribution < 1.29 is 17.6 Å². The van der Waals surface area contributed by atoms with E-state index in [2.05, 4.69) is 24.8 Å². The van der Waals surface area contributed by atoms with Crippen LogP contribution >= 0.6 is 0 Å². The van der Waals surface area contributed by atoms with Gasteiger partial charge in [0.15, 0.2) is 17.5 Å². The number of aryl methyl sites for hydroxylation is 1. The van der Waals surface area contributed by atoms with Crippen molar-refractivity contribution >= 4 is 10.8 Å². The molecule has 0 atom stereocenters. The van der Waals surface area contributed by atoms with Gasteiger partial charge in [0, 0.05) is 16.9 Å². The SMILES string of the molecule is CCCCc1ccc(C2CCC(C#Cc3ccc4c(F)c(F)c(F)cc4c3)CC2)c(F)c1. The number of benzene rings is 3. The number of rotatable bonds is 4. The Hall–Kier alpha value is -2.80. The highest BCUT2D eigenvalue weighted by atomic mass is 19.2. The Kier molecular flexibility index (Phi) is 6.84. The lowest BCUT2D eigenvalue weighted by atomic mass is 9.78. The van der Waals surface area contributed by atoms with Crippen LogP contribution in [0.25, 0.3) is 10.8 Å². The molecule has 166 valence electrons. The molecule has 1 aliphatic carbocycles. The third-order valence-electron chi connectivity index (χ3n) is 6.44. The van der Waals surface area contributed by atoms with Gasteiger partial charge < -0.3 is 0 Å². The van der Waals surface area contributed by atoms with E-state index in [9.17, 15) is 17.6 Å². The second-order valence-electron chi connectivity index (χ2n) is 8.70. The fourth-order valence-electron chi connectivity index (χ4n) is 4.56. The molecule has 3 aromatic rings. The molecule has 0 aliphatic heterocycles. The van der Waals surface area contributed by atoms with Gasteiger partial charge in [-0.2, -0.15) is 0 Å². The zero-order chi connectivity index (χ0) is 22.7. The number of fused-ring (bicyclic) bond motifs is 1. The van der Waals surface area contributed by atoms with Crippen LogP contribution in [0, 0.1) is 41.0 Å². The van der Waals surface area contributed by atoms with Crippen molar-refractivity contribution in [3.05, 3.63) is 82.4 Å². The third kappa shape index (κ3) is 4.83. The molecule has 4 heteroatoms. The largest absolute Gasteiger partial charge is 0.207 e. The first-order valence-electron chi connectivity index (χ1n) is 11.3. The normalized spacial score (nSPS) is 18.4. The fourth-order valence-corrected chi connectivity index (χ4v) is 4.56. The van der Waals surface area contributed by atoms with Gasteiger partial charge in [-0.05, 0) is 85.2 Å². The first-order valence-corrected chi connectivity index (χ1v) is 11.3. The van der Waals surface area contributed by atoms with E-state index in [0.29, 0.717) is 5.56 Å². The molecule has 0 spiro atoms. The van der Waals surface area contributed by atoms with E-state index in [1.54, 1.807) is 18.2 Å². The molecule has 0 amide bonds. The van der Waals surface area contributed by atoms with Crippen molar-refractivity contribution in [3.63, 3.8) is 0 Å². The smallest absolute Gasteiger partial charge is 0.195 e. The van der Waals surface area contributed by atoms with Gasteiger partial charge in [-0.15, -0.1) is 0 Å². The van der Waals surface area contributed by atoms with Crippen molar-refractivity contribution in [2.24, 2.45) is 5.92 Å². The Balaban J connectivity index is 1.41. The number of unbranched alkanes of at least 4 members (excludes halogenated alkanes) is 1. The number of halogens is 4. The molecule has 1 fully saturated rings. The van der Waals surface area contributed by atoms with Crippen LogP contribution in [0.3, 0.4) is 0 Å². The summed E-state index contributed by atoms with van der Waals surface area (Å²) in [4.78, 5) is 0. The van der Waals surface area contributed by atoms with Crippen LogP contribution < -0.4 is 0 Å². The van der Waals surface area contributed by atoms with Gasteiger partial charge in [0.2, 0.25) is 0 Å². The van der Waals surface area contributed by atoms with Crippen LogP contribution in [-0.4, -0.2) is 0 Å². The maximum Gasteiger partial charge on any atom is 0.195 e. The molecule has 4 rings (SSSR count). The van der Waals surface area contributed by atoms with Gasteiger partial charge in [0.1, 0.15) is 5.82 Å².